The van der Waals surface area contributed by atoms with E-state index in [-0.39, 0.29) is 5.82 Å². The van der Waals surface area contributed by atoms with Crippen molar-refractivity contribution in [3.8, 4) is 0 Å². The minimum absolute atomic E-state index is 0.123. The van der Waals surface area contributed by atoms with Gasteiger partial charge in [-0.1, -0.05) is 0 Å². The lowest BCUT2D eigenvalue weighted by atomic mass is 10.5. The lowest BCUT2D eigenvalue weighted by Gasteiger charge is -2.07. The van der Waals surface area contributed by atoms with Crippen LogP contribution in [0.3, 0.4) is 0 Å². The molecular formula is C12H21N5O2S2. The molecule has 0 unspecified atom stereocenters. The Morgan fingerprint density at radius 3 is 3.19 bits per heavy atom. The lowest BCUT2D eigenvalue weighted by Crippen LogP contribution is -2.26. The van der Waals surface area contributed by atoms with Crippen molar-refractivity contribution in [1.82, 2.24) is 20.5 Å². The quantitative estimate of drug-likeness (QED) is 0.379. The largest absolute Gasteiger partial charge is 0.370 e. The summed E-state index contributed by atoms with van der Waals surface area (Å²) in [6.07, 6.45) is 0.616. The number of hydrogen-bond acceptors (Lipinski definition) is 8. The molecule has 0 amide bonds. The lowest BCUT2D eigenvalue weighted by molar-refractivity contribution is -0.404. The zero-order valence-corrected chi connectivity index (χ0v) is 13.6. The molecule has 0 aliphatic carbocycles. The zero-order valence-electron chi connectivity index (χ0n) is 15.0. The SMILES string of the molecule is [2H]C([2H])([2H])N/C(=C\[N+](=O)[O-])NCCSCc1csc(CN(C)C)n1. The molecule has 0 saturated heterocycles. The van der Waals surface area contributed by atoms with Crippen molar-refractivity contribution in [2.24, 2.45) is 0 Å². The highest BCUT2D eigenvalue weighted by Crippen LogP contribution is 2.16. The number of thioether (sulfide) groups is 1. The molecule has 0 saturated carbocycles. The van der Waals surface area contributed by atoms with E-state index >= 15 is 0 Å². The Bertz CT molecular complexity index is 563. The van der Waals surface area contributed by atoms with E-state index in [0.29, 0.717) is 18.5 Å². The summed E-state index contributed by atoms with van der Waals surface area (Å²) in [5, 5.41) is 18.4. The van der Waals surface area contributed by atoms with Crippen molar-refractivity contribution in [2.45, 2.75) is 12.3 Å². The maximum absolute atomic E-state index is 10.5. The van der Waals surface area contributed by atoms with Crippen molar-refractivity contribution < 1.29 is 9.04 Å². The Morgan fingerprint density at radius 2 is 2.52 bits per heavy atom. The van der Waals surface area contributed by atoms with Crippen LogP contribution in [0.15, 0.2) is 17.4 Å². The van der Waals surface area contributed by atoms with Crippen LogP contribution in [0.25, 0.3) is 0 Å². The van der Waals surface area contributed by atoms with Crippen LogP contribution in [-0.4, -0.2) is 48.2 Å². The van der Waals surface area contributed by atoms with Crippen molar-refractivity contribution in [1.29, 1.82) is 0 Å². The van der Waals surface area contributed by atoms with Crippen LogP contribution in [0, 0.1) is 10.1 Å². The number of rotatable bonds is 10. The Kier molecular flexibility index (Phi) is 6.09. The van der Waals surface area contributed by atoms with Crippen molar-refractivity contribution in [2.75, 3.05) is 33.4 Å². The molecule has 21 heavy (non-hydrogen) atoms. The van der Waals surface area contributed by atoms with E-state index in [1.54, 1.807) is 23.1 Å². The van der Waals surface area contributed by atoms with E-state index in [1.165, 1.54) is 0 Å². The predicted molar refractivity (Wildman–Crippen MR) is 87.8 cm³/mol. The highest BCUT2D eigenvalue weighted by molar-refractivity contribution is 7.98. The van der Waals surface area contributed by atoms with Crippen LogP contribution >= 0.6 is 23.1 Å². The van der Waals surface area contributed by atoms with Gasteiger partial charge < -0.3 is 15.5 Å². The van der Waals surface area contributed by atoms with Gasteiger partial charge in [0.15, 0.2) is 5.82 Å². The second kappa shape index (κ2) is 9.59. The van der Waals surface area contributed by atoms with Gasteiger partial charge in [0.2, 0.25) is 0 Å². The third-order valence-corrected chi connectivity index (χ3v) is 4.11. The summed E-state index contributed by atoms with van der Waals surface area (Å²) in [6.45, 7) is -1.26. The first kappa shape index (κ1) is 13.4. The summed E-state index contributed by atoms with van der Waals surface area (Å²) in [5.41, 5.74) is 1.00. The number of aromatic nitrogens is 1. The zero-order chi connectivity index (χ0) is 18.2. The molecular weight excluding hydrogens is 310 g/mol. The summed E-state index contributed by atoms with van der Waals surface area (Å²) in [7, 11) is 3.98. The fourth-order valence-electron chi connectivity index (χ4n) is 1.42. The first-order valence-electron chi connectivity index (χ1n) is 7.69. The number of hydrogen-bond donors (Lipinski definition) is 2. The number of nitrogens with one attached hydrogen (secondary N) is 2. The van der Waals surface area contributed by atoms with Gasteiger partial charge in [-0.2, -0.15) is 11.8 Å². The molecule has 0 spiro atoms. The molecule has 0 aliphatic heterocycles. The van der Waals surface area contributed by atoms with Crippen LogP contribution in [-0.2, 0) is 12.3 Å². The van der Waals surface area contributed by atoms with Gasteiger partial charge in [0.05, 0.1) is 10.6 Å². The van der Waals surface area contributed by atoms with Crippen LogP contribution < -0.4 is 10.6 Å². The average Bonchev–Trinajstić information content (AvgIpc) is 2.82. The van der Waals surface area contributed by atoms with E-state index < -0.39 is 11.9 Å². The molecule has 7 nitrogen and oxygen atoms in total. The normalized spacial score (nSPS) is 14.4. The molecule has 1 heterocycles. The molecule has 0 radical (unpaired) electrons. The second-order valence-corrected chi connectivity index (χ2v) is 6.45. The molecule has 0 atom stereocenters. The van der Waals surface area contributed by atoms with Gasteiger partial charge in [0, 0.05) is 41.1 Å². The Morgan fingerprint density at radius 1 is 1.71 bits per heavy atom. The first-order chi connectivity index (χ1) is 11.2. The fraction of sp³-hybridized carbons (Fsp3) is 0.583. The van der Waals surface area contributed by atoms with Gasteiger partial charge in [0.1, 0.15) is 5.01 Å². The third-order valence-electron chi connectivity index (χ3n) is 2.23. The molecule has 1 aromatic rings. The van der Waals surface area contributed by atoms with Crippen molar-refractivity contribution >= 4 is 23.1 Å². The summed E-state index contributed by atoms with van der Waals surface area (Å²) in [6, 6.07) is 0. The van der Waals surface area contributed by atoms with Crippen molar-refractivity contribution in [3.05, 3.63) is 38.2 Å². The molecule has 118 valence electrons. The Balaban J connectivity index is 2.33. The summed E-state index contributed by atoms with van der Waals surface area (Å²) < 4.78 is 21.3. The van der Waals surface area contributed by atoms with Crippen LogP contribution in [0.5, 0.6) is 0 Å². The minimum Gasteiger partial charge on any atom is -0.370 e. The standard InChI is InChI=1S/C12H21N5O2S2/c1-13-11(6-17(18)19)14-4-5-20-8-10-9-21-12(15-10)7-16(2)3/h6,9,13-14H,4-5,7-8H2,1-3H3/b11-6+/i1D3. The molecule has 1 aromatic heterocycles. The predicted octanol–water partition coefficient (Wildman–Crippen LogP) is 1.32. The fourth-order valence-corrected chi connectivity index (χ4v) is 3.18. The summed E-state index contributed by atoms with van der Waals surface area (Å²) in [5.74, 6) is 1.28. The van der Waals surface area contributed by atoms with E-state index in [2.05, 4.69) is 20.5 Å². The monoisotopic (exact) mass is 334 g/mol. The van der Waals surface area contributed by atoms with Crippen LogP contribution in [0.4, 0.5) is 0 Å². The van der Waals surface area contributed by atoms with E-state index in [9.17, 15) is 10.1 Å². The number of nitrogens with zero attached hydrogens (tertiary/aromatic N) is 3. The van der Waals surface area contributed by atoms with E-state index in [4.69, 9.17) is 4.11 Å². The van der Waals surface area contributed by atoms with Gasteiger partial charge in [-0.05, 0) is 14.1 Å². The van der Waals surface area contributed by atoms with E-state index in [0.717, 1.165) is 23.0 Å². The Hall–Kier alpha value is -1.32. The average molecular weight is 334 g/mol. The summed E-state index contributed by atoms with van der Waals surface area (Å²) >= 11 is 3.24. The minimum atomic E-state index is -2.48. The molecule has 0 aliphatic rings. The number of nitro groups is 1. The first-order valence-corrected chi connectivity index (χ1v) is 8.22. The van der Waals surface area contributed by atoms with Crippen LogP contribution in [0.2, 0.25) is 0 Å². The maximum atomic E-state index is 10.5. The molecule has 1 rings (SSSR count). The van der Waals surface area contributed by atoms with Gasteiger partial charge >= 0.3 is 0 Å². The van der Waals surface area contributed by atoms with Gasteiger partial charge in [0.25, 0.3) is 6.20 Å². The Labute approximate surface area is 137 Å². The van der Waals surface area contributed by atoms with Gasteiger partial charge in [-0.3, -0.25) is 10.1 Å². The molecule has 2 N–H and O–H groups in total. The molecule has 9 heteroatoms. The molecule has 0 fully saturated rings. The van der Waals surface area contributed by atoms with Crippen LogP contribution in [0.1, 0.15) is 14.8 Å². The van der Waals surface area contributed by atoms with Crippen molar-refractivity contribution in [3.63, 3.8) is 0 Å². The topological polar surface area (TPSA) is 83.3 Å². The van der Waals surface area contributed by atoms with Gasteiger partial charge in [-0.25, -0.2) is 4.98 Å². The second-order valence-electron chi connectivity index (χ2n) is 4.40. The van der Waals surface area contributed by atoms with E-state index in [1.807, 2.05) is 19.5 Å². The smallest absolute Gasteiger partial charge is 0.274 e. The maximum Gasteiger partial charge on any atom is 0.274 e. The molecule has 0 aromatic carbocycles. The molecule has 0 bridgehead atoms. The highest BCUT2D eigenvalue weighted by atomic mass is 32.2. The third kappa shape index (κ3) is 7.88. The highest BCUT2D eigenvalue weighted by Gasteiger charge is 2.04. The van der Waals surface area contributed by atoms with Gasteiger partial charge in [-0.15, -0.1) is 11.3 Å². The number of thiazole rings is 1. The summed E-state index contributed by atoms with van der Waals surface area (Å²) in [4.78, 5) is 16.4.